The molecule has 4 rings (SSSR count). The van der Waals surface area contributed by atoms with Crippen LogP contribution >= 0.6 is 0 Å². The average Bonchev–Trinajstić information content (AvgIpc) is 2.75. The molecule has 4 heteroatoms. The summed E-state index contributed by atoms with van der Waals surface area (Å²) in [7, 11) is 0. The number of aromatic hydroxyl groups is 1. The number of hydrogen-bond donors (Lipinski definition) is 1. The molecule has 0 aliphatic heterocycles. The molecule has 0 aromatic heterocycles. The summed E-state index contributed by atoms with van der Waals surface area (Å²) in [6.45, 7) is 0. The van der Waals surface area contributed by atoms with Gasteiger partial charge in [-0.1, -0.05) is 78.9 Å². The second-order valence-corrected chi connectivity index (χ2v) is 6.33. The highest BCUT2D eigenvalue weighted by atomic mass is 16.7. The molecule has 0 heterocycles. The van der Waals surface area contributed by atoms with Crippen molar-refractivity contribution in [3.05, 3.63) is 103 Å². The van der Waals surface area contributed by atoms with Crippen molar-refractivity contribution in [3.8, 4) is 39.5 Å². The summed E-state index contributed by atoms with van der Waals surface area (Å²) in [5.41, 5.74) is 2.95. The van der Waals surface area contributed by atoms with Gasteiger partial charge in [-0.15, -0.1) is 0 Å². The number of carbonyl (C=O) groups excluding carboxylic acids is 1. The van der Waals surface area contributed by atoms with E-state index >= 15 is 0 Å². The lowest BCUT2D eigenvalue weighted by Crippen LogP contribution is -2.14. The van der Waals surface area contributed by atoms with Crippen LogP contribution in [-0.4, -0.2) is 11.3 Å². The predicted octanol–water partition coefficient (Wildman–Crippen LogP) is 6.30. The third-order valence-electron chi connectivity index (χ3n) is 4.42. The Bertz CT molecular complexity index is 1120. The van der Waals surface area contributed by atoms with Crippen LogP contribution in [0.15, 0.2) is 103 Å². The summed E-state index contributed by atoms with van der Waals surface area (Å²) in [6, 6.07) is 30.8. The van der Waals surface area contributed by atoms with E-state index in [1.165, 1.54) is 0 Å². The average molecular weight is 382 g/mol. The summed E-state index contributed by atoms with van der Waals surface area (Å²) >= 11 is 0. The van der Waals surface area contributed by atoms with Gasteiger partial charge in [0.05, 0.1) is 0 Å². The van der Waals surface area contributed by atoms with E-state index < -0.39 is 6.16 Å². The number of hydrogen-bond acceptors (Lipinski definition) is 4. The summed E-state index contributed by atoms with van der Waals surface area (Å²) in [5.74, 6) is 0.892. The second kappa shape index (κ2) is 8.31. The third kappa shape index (κ3) is 4.12. The molecule has 0 aliphatic carbocycles. The predicted molar refractivity (Wildman–Crippen MR) is 112 cm³/mol. The fourth-order valence-corrected chi connectivity index (χ4v) is 3.15. The molecule has 0 bridgehead atoms. The Labute approximate surface area is 168 Å². The smallest absolute Gasteiger partial charge is 0.507 e. The Balaban J connectivity index is 1.71. The standard InChI is InChI=1S/C25H18O4/c26-22-16-9-15-21(24(22)18-10-3-1-4-11-18)20-14-7-8-17-23(20)29-25(27)28-19-12-5-2-6-13-19/h1-17,26H. The minimum absolute atomic E-state index is 0.148. The van der Waals surface area contributed by atoms with Gasteiger partial charge in [-0.3, -0.25) is 0 Å². The monoisotopic (exact) mass is 382 g/mol. The van der Waals surface area contributed by atoms with Crippen molar-refractivity contribution in [2.45, 2.75) is 0 Å². The molecule has 4 aromatic rings. The summed E-state index contributed by atoms with van der Waals surface area (Å²) in [6.07, 6.45) is -0.829. The van der Waals surface area contributed by atoms with E-state index in [1.807, 2.05) is 54.6 Å². The minimum atomic E-state index is -0.829. The van der Waals surface area contributed by atoms with E-state index in [0.717, 1.165) is 11.1 Å². The number of carbonyl (C=O) groups is 1. The van der Waals surface area contributed by atoms with Crippen molar-refractivity contribution >= 4 is 6.16 Å². The van der Waals surface area contributed by atoms with Crippen LogP contribution in [0.25, 0.3) is 22.3 Å². The van der Waals surface area contributed by atoms with E-state index in [9.17, 15) is 9.90 Å². The van der Waals surface area contributed by atoms with E-state index in [2.05, 4.69) is 0 Å². The van der Waals surface area contributed by atoms with Gasteiger partial charge in [0.1, 0.15) is 17.2 Å². The zero-order valence-corrected chi connectivity index (χ0v) is 15.5. The SMILES string of the molecule is O=C(Oc1ccccc1)Oc1ccccc1-c1cccc(O)c1-c1ccccc1. The van der Waals surface area contributed by atoms with Crippen molar-refractivity contribution in [2.24, 2.45) is 0 Å². The number of ether oxygens (including phenoxy) is 2. The van der Waals surface area contributed by atoms with Crippen LogP contribution in [0.3, 0.4) is 0 Å². The molecule has 29 heavy (non-hydrogen) atoms. The quantitative estimate of drug-likeness (QED) is 0.332. The van der Waals surface area contributed by atoms with Crippen LogP contribution in [0, 0.1) is 0 Å². The number of benzene rings is 4. The molecule has 1 N–H and O–H groups in total. The lowest BCUT2D eigenvalue weighted by atomic mass is 9.93. The minimum Gasteiger partial charge on any atom is -0.507 e. The fourth-order valence-electron chi connectivity index (χ4n) is 3.15. The first kappa shape index (κ1) is 18.3. The first-order valence-corrected chi connectivity index (χ1v) is 9.14. The Morgan fingerprint density at radius 3 is 2.00 bits per heavy atom. The van der Waals surface area contributed by atoms with Gasteiger partial charge in [-0.2, -0.15) is 0 Å². The Morgan fingerprint density at radius 2 is 1.24 bits per heavy atom. The van der Waals surface area contributed by atoms with Gasteiger partial charge in [-0.25, -0.2) is 4.79 Å². The molecule has 142 valence electrons. The lowest BCUT2D eigenvalue weighted by Gasteiger charge is -2.15. The fraction of sp³-hybridized carbons (Fsp3) is 0. The number of phenols is 1. The molecule has 4 nitrogen and oxygen atoms in total. The second-order valence-electron chi connectivity index (χ2n) is 6.33. The van der Waals surface area contributed by atoms with Crippen LogP contribution in [0.4, 0.5) is 4.79 Å². The van der Waals surface area contributed by atoms with Gasteiger partial charge < -0.3 is 14.6 Å². The highest BCUT2D eigenvalue weighted by molar-refractivity contribution is 5.90. The molecule has 0 atom stereocenters. The first-order chi connectivity index (χ1) is 14.2. The summed E-state index contributed by atoms with van der Waals surface area (Å²) in [5, 5.41) is 10.5. The van der Waals surface area contributed by atoms with Crippen LogP contribution in [0.1, 0.15) is 0 Å². The first-order valence-electron chi connectivity index (χ1n) is 9.14. The number of rotatable bonds is 4. The molecule has 0 saturated heterocycles. The molecular formula is C25H18O4. The van der Waals surface area contributed by atoms with Gasteiger partial charge in [0, 0.05) is 11.1 Å². The topological polar surface area (TPSA) is 55.8 Å². The van der Waals surface area contributed by atoms with Crippen molar-refractivity contribution in [1.29, 1.82) is 0 Å². The molecule has 4 aromatic carbocycles. The van der Waals surface area contributed by atoms with Gasteiger partial charge in [0.15, 0.2) is 0 Å². The third-order valence-corrected chi connectivity index (χ3v) is 4.42. The van der Waals surface area contributed by atoms with Gasteiger partial charge in [-0.05, 0) is 35.4 Å². The van der Waals surface area contributed by atoms with E-state index in [4.69, 9.17) is 9.47 Å². The highest BCUT2D eigenvalue weighted by Gasteiger charge is 2.17. The van der Waals surface area contributed by atoms with E-state index in [0.29, 0.717) is 22.6 Å². The van der Waals surface area contributed by atoms with Crippen molar-refractivity contribution in [1.82, 2.24) is 0 Å². The number of phenolic OH excluding ortho intramolecular Hbond substituents is 1. The van der Waals surface area contributed by atoms with Crippen LogP contribution in [-0.2, 0) is 0 Å². The summed E-state index contributed by atoms with van der Waals surface area (Å²) < 4.78 is 10.7. The van der Waals surface area contributed by atoms with Crippen molar-refractivity contribution in [2.75, 3.05) is 0 Å². The molecule has 0 fully saturated rings. The Morgan fingerprint density at radius 1 is 0.621 bits per heavy atom. The normalized spacial score (nSPS) is 10.3. The molecule has 0 saturated carbocycles. The molecular weight excluding hydrogens is 364 g/mol. The van der Waals surface area contributed by atoms with Crippen LogP contribution in [0.2, 0.25) is 0 Å². The largest absolute Gasteiger partial charge is 0.519 e. The molecule has 0 amide bonds. The van der Waals surface area contributed by atoms with E-state index in [-0.39, 0.29) is 5.75 Å². The zero-order chi connectivity index (χ0) is 20.1. The molecule has 0 spiro atoms. The maximum atomic E-state index is 12.3. The molecule has 0 radical (unpaired) electrons. The maximum Gasteiger partial charge on any atom is 0.519 e. The zero-order valence-electron chi connectivity index (χ0n) is 15.5. The highest BCUT2D eigenvalue weighted by Crippen LogP contribution is 2.41. The van der Waals surface area contributed by atoms with E-state index in [1.54, 1.807) is 48.5 Å². The Hall–Kier alpha value is -4.05. The molecule has 0 aliphatic rings. The lowest BCUT2D eigenvalue weighted by molar-refractivity contribution is 0.152. The summed E-state index contributed by atoms with van der Waals surface area (Å²) in [4.78, 5) is 12.3. The van der Waals surface area contributed by atoms with Crippen molar-refractivity contribution in [3.63, 3.8) is 0 Å². The number of para-hydroxylation sites is 2. The molecule has 0 unspecified atom stereocenters. The van der Waals surface area contributed by atoms with Crippen LogP contribution < -0.4 is 9.47 Å². The maximum absolute atomic E-state index is 12.3. The Kier molecular flexibility index (Phi) is 5.25. The van der Waals surface area contributed by atoms with Gasteiger partial charge in [0.2, 0.25) is 0 Å². The van der Waals surface area contributed by atoms with Gasteiger partial charge in [0.25, 0.3) is 0 Å². The van der Waals surface area contributed by atoms with Crippen molar-refractivity contribution < 1.29 is 19.4 Å². The van der Waals surface area contributed by atoms with Crippen LogP contribution in [0.5, 0.6) is 17.2 Å². The van der Waals surface area contributed by atoms with Gasteiger partial charge >= 0.3 is 6.16 Å².